The number of guanidine groups is 1. The minimum absolute atomic E-state index is 0.205. The molecule has 0 bridgehead atoms. The van der Waals surface area contributed by atoms with Gasteiger partial charge in [-0.05, 0) is 33.1 Å². The van der Waals surface area contributed by atoms with E-state index in [1.165, 1.54) is 6.42 Å². The highest BCUT2D eigenvalue weighted by molar-refractivity contribution is 5.80. The molecule has 7 nitrogen and oxygen atoms in total. The zero-order chi connectivity index (χ0) is 17.7. The van der Waals surface area contributed by atoms with Gasteiger partial charge in [-0.3, -0.25) is 9.89 Å². The van der Waals surface area contributed by atoms with Crippen molar-refractivity contribution in [2.45, 2.75) is 45.8 Å². The average Bonchev–Trinajstić information content (AvgIpc) is 3.20. The largest absolute Gasteiger partial charge is 0.444 e. The highest BCUT2D eigenvalue weighted by atomic mass is 16.6. The van der Waals surface area contributed by atoms with E-state index in [4.69, 9.17) is 4.74 Å². The Hall–Kier alpha value is -1.50. The van der Waals surface area contributed by atoms with Gasteiger partial charge in [0, 0.05) is 52.4 Å². The first-order chi connectivity index (χ1) is 11.3. The molecule has 138 valence electrons. The molecule has 2 atom stereocenters. The predicted octanol–water partition coefficient (Wildman–Crippen LogP) is 1.11. The van der Waals surface area contributed by atoms with Crippen molar-refractivity contribution in [1.82, 2.24) is 20.4 Å². The van der Waals surface area contributed by atoms with Crippen molar-refractivity contribution in [2.24, 2.45) is 10.9 Å². The van der Waals surface area contributed by atoms with E-state index in [0.717, 1.165) is 51.1 Å². The molecule has 2 N–H and O–H groups in total. The molecule has 0 aromatic rings. The molecule has 1 aliphatic heterocycles. The van der Waals surface area contributed by atoms with Crippen LogP contribution in [0.4, 0.5) is 4.79 Å². The standard InChI is InChI=1S/C17H33N5O2/c1-13-12-14(13)20-15(18-5)19-6-7-21-8-10-22(11-9-21)16(23)24-17(2,3)4/h13-14H,6-12H2,1-5H3,(H2,18,19,20). The maximum Gasteiger partial charge on any atom is 0.410 e. The number of nitrogens with zero attached hydrogens (tertiary/aromatic N) is 3. The van der Waals surface area contributed by atoms with E-state index in [2.05, 4.69) is 27.4 Å². The molecular formula is C17H33N5O2. The Morgan fingerprint density at radius 1 is 1.25 bits per heavy atom. The maximum absolute atomic E-state index is 12.0. The van der Waals surface area contributed by atoms with Gasteiger partial charge in [-0.15, -0.1) is 0 Å². The number of carbonyl (C=O) groups is 1. The molecule has 0 radical (unpaired) electrons. The molecule has 1 heterocycles. The Labute approximate surface area is 145 Å². The molecule has 0 aromatic carbocycles. The molecular weight excluding hydrogens is 306 g/mol. The highest BCUT2D eigenvalue weighted by Gasteiger charge is 2.33. The first kappa shape index (κ1) is 18.8. The van der Waals surface area contributed by atoms with Gasteiger partial charge in [0.1, 0.15) is 5.60 Å². The number of aliphatic imine (C=N–C) groups is 1. The van der Waals surface area contributed by atoms with Gasteiger partial charge in [0.05, 0.1) is 0 Å². The van der Waals surface area contributed by atoms with Crippen LogP contribution in [0.2, 0.25) is 0 Å². The fraction of sp³-hybridized carbons (Fsp3) is 0.882. The third-order valence-corrected chi connectivity index (χ3v) is 4.40. The second-order valence-electron chi connectivity index (χ2n) is 7.77. The van der Waals surface area contributed by atoms with Crippen LogP contribution in [0.15, 0.2) is 4.99 Å². The second-order valence-corrected chi connectivity index (χ2v) is 7.77. The summed E-state index contributed by atoms with van der Waals surface area (Å²) in [6.07, 6.45) is 1.02. The third kappa shape index (κ3) is 6.19. The molecule has 1 amide bonds. The smallest absolute Gasteiger partial charge is 0.410 e. The number of ether oxygens (including phenoxy) is 1. The number of nitrogens with one attached hydrogen (secondary N) is 2. The van der Waals surface area contributed by atoms with Crippen molar-refractivity contribution >= 4 is 12.1 Å². The average molecular weight is 339 g/mol. The van der Waals surface area contributed by atoms with E-state index < -0.39 is 5.60 Å². The van der Waals surface area contributed by atoms with E-state index in [9.17, 15) is 4.79 Å². The number of hydrogen-bond acceptors (Lipinski definition) is 4. The summed E-state index contributed by atoms with van der Waals surface area (Å²) in [4.78, 5) is 20.5. The summed E-state index contributed by atoms with van der Waals surface area (Å²) in [6.45, 7) is 13.0. The molecule has 0 aromatic heterocycles. The van der Waals surface area contributed by atoms with Crippen molar-refractivity contribution in [1.29, 1.82) is 0 Å². The Kier molecular flexibility index (Phi) is 6.32. The van der Waals surface area contributed by atoms with Gasteiger partial charge >= 0.3 is 6.09 Å². The van der Waals surface area contributed by atoms with Crippen LogP contribution in [0.25, 0.3) is 0 Å². The minimum Gasteiger partial charge on any atom is -0.444 e. The minimum atomic E-state index is -0.430. The molecule has 0 spiro atoms. The lowest BCUT2D eigenvalue weighted by Crippen LogP contribution is -2.51. The SMILES string of the molecule is CN=C(NCCN1CCN(C(=O)OC(C)(C)C)CC1)NC1CC1C. The van der Waals surface area contributed by atoms with Gasteiger partial charge in [0.25, 0.3) is 0 Å². The van der Waals surface area contributed by atoms with Crippen LogP contribution >= 0.6 is 0 Å². The van der Waals surface area contributed by atoms with Crippen LogP contribution in [0.1, 0.15) is 34.1 Å². The van der Waals surface area contributed by atoms with Crippen molar-refractivity contribution in [3.05, 3.63) is 0 Å². The Morgan fingerprint density at radius 2 is 1.88 bits per heavy atom. The summed E-state index contributed by atoms with van der Waals surface area (Å²) in [5.74, 6) is 1.64. The normalized spacial score (nSPS) is 25.4. The fourth-order valence-electron chi connectivity index (χ4n) is 2.71. The molecule has 2 aliphatic rings. The Bertz CT molecular complexity index is 452. The van der Waals surface area contributed by atoms with Crippen molar-refractivity contribution in [3.63, 3.8) is 0 Å². The molecule has 24 heavy (non-hydrogen) atoms. The Balaban J connectivity index is 1.61. The molecule has 7 heteroatoms. The first-order valence-electron chi connectivity index (χ1n) is 8.96. The van der Waals surface area contributed by atoms with Crippen LogP contribution in [0.5, 0.6) is 0 Å². The Morgan fingerprint density at radius 3 is 2.38 bits per heavy atom. The summed E-state index contributed by atoms with van der Waals surface area (Å²) in [5, 5.41) is 6.79. The molecule has 1 saturated carbocycles. The van der Waals surface area contributed by atoms with E-state index >= 15 is 0 Å². The summed E-state index contributed by atoms with van der Waals surface area (Å²) >= 11 is 0. The van der Waals surface area contributed by atoms with Crippen molar-refractivity contribution in [3.8, 4) is 0 Å². The summed E-state index contributed by atoms with van der Waals surface area (Å²) in [7, 11) is 1.81. The summed E-state index contributed by atoms with van der Waals surface area (Å²) < 4.78 is 5.42. The van der Waals surface area contributed by atoms with Crippen molar-refractivity contribution in [2.75, 3.05) is 46.3 Å². The fourth-order valence-corrected chi connectivity index (χ4v) is 2.71. The van der Waals surface area contributed by atoms with Crippen LogP contribution in [0.3, 0.4) is 0 Å². The number of hydrogen-bond donors (Lipinski definition) is 2. The summed E-state index contributed by atoms with van der Waals surface area (Å²) in [6, 6.07) is 0.577. The molecule has 1 aliphatic carbocycles. The number of carbonyl (C=O) groups excluding carboxylic acids is 1. The molecule has 1 saturated heterocycles. The summed E-state index contributed by atoms with van der Waals surface area (Å²) in [5.41, 5.74) is -0.430. The zero-order valence-electron chi connectivity index (χ0n) is 15.8. The van der Waals surface area contributed by atoms with E-state index in [1.807, 2.05) is 27.8 Å². The maximum atomic E-state index is 12.0. The number of rotatable bonds is 4. The van der Waals surface area contributed by atoms with E-state index in [1.54, 1.807) is 4.90 Å². The van der Waals surface area contributed by atoms with Gasteiger partial charge in [0.2, 0.25) is 0 Å². The van der Waals surface area contributed by atoms with Gasteiger partial charge in [-0.1, -0.05) is 6.92 Å². The van der Waals surface area contributed by atoms with Gasteiger partial charge in [0.15, 0.2) is 5.96 Å². The lowest BCUT2D eigenvalue weighted by atomic mass is 10.2. The van der Waals surface area contributed by atoms with Crippen LogP contribution < -0.4 is 10.6 Å². The predicted molar refractivity (Wildman–Crippen MR) is 96.3 cm³/mol. The van der Waals surface area contributed by atoms with Crippen LogP contribution in [0, 0.1) is 5.92 Å². The van der Waals surface area contributed by atoms with Crippen LogP contribution in [-0.4, -0.2) is 79.8 Å². The quantitative estimate of drug-likeness (QED) is 0.593. The lowest BCUT2D eigenvalue weighted by Gasteiger charge is -2.35. The van der Waals surface area contributed by atoms with E-state index in [-0.39, 0.29) is 6.09 Å². The van der Waals surface area contributed by atoms with Gasteiger partial charge < -0.3 is 20.3 Å². The first-order valence-corrected chi connectivity index (χ1v) is 8.96. The second kappa shape index (κ2) is 8.05. The molecule has 2 rings (SSSR count). The van der Waals surface area contributed by atoms with Gasteiger partial charge in [-0.25, -0.2) is 4.79 Å². The van der Waals surface area contributed by atoms with E-state index in [0.29, 0.717) is 6.04 Å². The number of piperazine rings is 1. The zero-order valence-corrected chi connectivity index (χ0v) is 15.8. The third-order valence-electron chi connectivity index (χ3n) is 4.40. The van der Waals surface area contributed by atoms with Gasteiger partial charge in [-0.2, -0.15) is 0 Å². The molecule has 2 unspecified atom stereocenters. The molecule has 2 fully saturated rings. The topological polar surface area (TPSA) is 69.2 Å². The van der Waals surface area contributed by atoms with Crippen LogP contribution in [-0.2, 0) is 4.74 Å². The highest BCUT2D eigenvalue weighted by Crippen LogP contribution is 2.28. The van der Waals surface area contributed by atoms with Crippen molar-refractivity contribution < 1.29 is 9.53 Å². The monoisotopic (exact) mass is 339 g/mol. The lowest BCUT2D eigenvalue weighted by molar-refractivity contribution is 0.0147. The number of amides is 1.